The van der Waals surface area contributed by atoms with E-state index in [4.69, 9.17) is 23.4 Å². The number of methoxy groups -OCH3 is 2. The van der Waals surface area contributed by atoms with Crippen molar-refractivity contribution in [2.45, 2.75) is 12.3 Å². The molecule has 0 fully saturated rings. The van der Waals surface area contributed by atoms with Crippen molar-refractivity contribution in [2.24, 2.45) is 0 Å². The van der Waals surface area contributed by atoms with E-state index in [0.29, 0.717) is 39.2 Å². The Balaban J connectivity index is 1.50. The molecule has 2 aliphatic heterocycles. The van der Waals surface area contributed by atoms with Gasteiger partial charge in [-0.25, -0.2) is 0 Å². The lowest BCUT2D eigenvalue weighted by atomic mass is 9.85. The molecule has 3 heterocycles. The van der Waals surface area contributed by atoms with E-state index in [2.05, 4.69) is 0 Å². The molecule has 1 atom stereocenters. The molecule has 37 heavy (non-hydrogen) atoms. The second-order valence-electron chi connectivity index (χ2n) is 8.65. The number of para-hydroxylation sites is 1. The second kappa shape index (κ2) is 8.67. The molecule has 0 spiro atoms. The van der Waals surface area contributed by atoms with E-state index in [1.807, 2.05) is 12.1 Å². The van der Waals surface area contributed by atoms with Crippen molar-refractivity contribution >= 4 is 28.8 Å². The molecule has 0 N–H and O–H groups in total. The molecule has 8 nitrogen and oxygen atoms in total. The van der Waals surface area contributed by atoms with Crippen LogP contribution in [-0.2, 0) is 4.79 Å². The van der Waals surface area contributed by atoms with Crippen LogP contribution in [0.2, 0.25) is 0 Å². The first-order valence-electron chi connectivity index (χ1n) is 11.5. The molecule has 0 amide bonds. The molecule has 0 bridgehead atoms. The summed E-state index contributed by atoms with van der Waals surface area (Å²) in [5, 5.41) is 0.318. The Morgan fingerprint density at radius 1 is 0.946 bits per heavy atom. The molecule has 0 saturated carbocycles. The molecule has 3 aromatic carbocycles. The summed E-state index contributed by atoms with van der Waals surface area (Å²) in [5.74, 6) is 0.103. The Morgan fingerprint density at radius 3 is 2.59 bits per heavy atom. The molecule has 2 aliphatic rings. The highest BCUT2D eigenvalue weighted by molar-refractivity contribution is 6.15. The van der Waals surface area contributed by atoms with Gasteiger partial charge in [-0.15, -0.1) is 0 Å². The van der Waals surface area contributed by atoms with E-state index in [-0.39, 0.29) is 40.5 Å². The summed E-state index contributed by atoms with van der Waals surface area (Å²) in [6, 6.07) is 15.3. The van der Waals surface area contributed by atoms with E-state index >= 15 is 0 Å². The Kier molecular flexibility index (Phi) is 5.30. The first-order chi connectivity index (χ1) is 18.0. The zero-order valence-electron chi connectivity index (χ0n) is 19.9. The summed E-state index contributed by atoms with van der Waals surface area (Å²) in [7, 11) is 3.05. The lowest BCUT2D eigenvalue weighted by Gasteiger charge is -2.25. The smallest absolute Gasteiger partial charge is 0.312 e. The minimum absolute atomic E-state index is 0.0961. The summed E-state index contributed by atoms with van der Waals surface area (Å²) < 4.78 is 28.0. The lowest BCUT2D eigenvalue weighted by molar-refractivity contribution is -0.135. The first-order valence-corrected chi connectivity index (χ1v) is 11.5. The Bertz CT molecular complexity index is 1690. The normalized spacial score (nSPS) is 17.2. The standard InChI is InChI=1S/C29H20O8/c1-33-16-7-9-22-19(12-16)27(31)20(14-35-22)18-13-25(30)36-23-10-8-17-28(32)24(37-29(17)26(18)23)11-15-5-3-4-6-21(15)34-2/h3-12,14,18H,13H2,1-2H3/b24-11-/t18-/m1/s1. The van der Waals surface area contributed by atoms with E-state index < -0.39 is 11.9 Å². The highest BCUT2D eigenvalue weighted by Crippen LogP contribution is 2.48. The molecule has 0 unspecified atom stereocenters. The van der Waals surface area contributed by atoms with Crippen LogP contribution in [-0.4, -0.2) is 26.0 Å². The number of carbonyl (C=O) groups is 2. The lowest BCUT2D eigenvalue weighted by Crippen LogP contribution is -2.25. The van der Waals surface area contributed by atoms with Crippen LogP contribution < -0.4 is 24.4 Å². The molecule has 8 heteroatoms. The SMILES string of the molecule is COc1ccc2occ([C@H]3CC(=O)Oc4ccc5c(c43)O/C(=C\c3ccccc3OC)C5=O)c(=O)c2c1. The van der Waals surface area contributed by atoms with Gasteiger partial charge in [0, 0.05) is 22.6 Å². The van der Waals surface area contributed by atoms with Gasteiger partial charge in [-0.1, -0.05) is 18.2 Å². The van der Waals surface area contributed by atoms with Crippen molar-refractivity contribution in [3.8, 4) is 23.0 Å². The number of ether oxygens (including phenoxy) is 4. The molecule has 0 aliphatic carbocycles. The molecule has 184 valence electrons. The van der Waals surface area contributed by atoms with Gasteiger partial charge >= 0.3 is 5.97 Å². The van der Waals surface area contributed by atoms with Crippen LogP contribution in [0.5, 0.6) is 23.0 Å². The second-order valence-corrected chi connectivity index (χ2v) is 8.65. The average Bonchev–Trinajstić information content (AvgIpc) is 3.23. The van der Waals surface area contributed by atoms with Gasteiger partial charge in [0.15, 0.2) is 11.2 Å². The maximum Gasteiger partial charge on any atom is 0.312 e. The third-order valence-corrected chi connectivity index (χ3v) is 6.59. The van der Waals surface area contributed by atoms with Gasteiger partial charge in [0.05, 0.1) is 37.9 Å². The summed E-state index contributed by atoms with van der Waals surface area (Å²) in [5.41, 5.74) is 1.77. The van der Waals surface area contributed by atoms with Gasteiger partial charge in [0.1, 0.15) is 28.6 Å². The minimum Gasteiger partial charge on any atom is -0.497 e. The van der Waals surface area contributed by atoms with Crippen LogP contribution >= 0.6 is 0 Å². The number of ketones is 1. The minimum atomic E-state index is -0.739. The average molecular weight is 496 g/mol. The number of fused-ring (bicyclic) bond motifs is 4. The largest absolute Gasteiger partial charge is 0.497 e. The number of allylic oxidation sites excluding steroid dienone is 1. The highest BCUT2D eigenvalue weighted by Gasteiger charge is 2.39. The number of carbonyl (C=O) groups excluding carboxylic acids is 2. The topological polar surface area (TPSA) is 101 Å². The van der Waals surface area contributed by atoms with Crippen molar-refractivity contribution in [1.82, 2.24) is 0 Å². The Morgan fingerprint density at radius 2 is 1.78 bits per heavy atom. The van der Waals surface area contributed by atoms with Crippen LogP contribution in [0.3, 0.4) is 0 Å². The van der Waals surface area contributed by atoms with Crippen molar-refractivity contribution < 1.29 is 33.0 Å². The predicted octanol–water partition coefficient (Wildman–Crippen LogP) is 4.87. The fraction of sp³-hybridized carbons (Fsp3) is 0.138. The number of esters is 1. The third kappa shape index (κ3) is 3.65. The van der Waals surface area contributed by atoms with Crippen LogP contribution in [0, 0.1) is 0 Å². The third-order valence-electron chi connectivity index (χ3n) is 6.59. The Hall–Kier alpha value is -4.85. The van der Waals surface area contributed by atoms with Crippen LogP contribution in [0.1, 0.15) is 39.4 Å². The van der Waals surface area contributed by atoms with Crippen LogP contribution in [0.25, 0.3) is 17.0 Å². The first kappa shape index (κ1) is 22.6. The summed E-state index contributed by atoms with van der Waals surface area (Å²) in [6.45, 7) is 0. The monoisotopic (exact) mass is 496 g/mol. The quantitative estimate of drug-likeness (QED) is 0.224. The molecule has 1 aromatic heterocycles. The molecule has 4 aromatic rings. The fourth-order valence-corrected chi connectivity index (χ4v) is 4.79. The van der Waals surface area contributed by atoms with E-state index in [9.17, 15) is 14.4 Å². The maximum absolute atomic E-state index is 13.6. The highest BCUT2D eigenvalue weighted by atomic mass is 16.5. The number of rotatable bonds is 4. The predicted molar refractivity (Wildman–Crippen MR) is 134 cm³/mol. The zero-order chi connectivity index (χ0) is 25.7. The molecular formula is C29H20O8. The summed E-state index contributed by atoms with van der Waals surface area (Å²) in [6.07, 6.45) is 2.84. The van der Waals surface area contributed by atoms with Crippen molar-refractivity contribution in [1.29, 1.82) is 0 Å². The van der Waals surface area contributed by atoms with E-state index in [1.54, 1.807) is 55.7 Å². The summed E-state index contributed by atoms with van der Waals surface area (Å²) >= 11 is 0. The molecular weight excluding hydrogens is 476 g/mol. The van der Waals surface area contributed by atoms with Gasteiger partial charge in [0.2, 0.25) is 5.78 Å². The number of benzene rings is 3. The number of Topliss-reactive ketones (excluding diaryl/α,β-unsaturated/α-hetero) is 1. The van der Waals surface area contributed by atoms with Crippen LogP contribution in [0.4, 0.5) is 0 Å². The molecule has 6 rings (SSSR count). The van der Waals surface area contributed by atoms with Crippen molar-refractivity contribution in [3.63, 3.8) is 0 Å². The van der Waals surface area contributed by atoms with Gasteiger partial charge in [0.25, 0.3) is 0 Å². The van der Waals surface area contributed by atoms with Gasteiger partial charge in [-0.05, 0) is 42.5 Å². The van der Waals surface area contributed by atoms with Gasteiger partial charge in [-0.3, -0.25) is 14.4 Å². The van der Waals surface area contributed by atoms with Crippen molar-refractivity contribution in [2.75, 3.05) is 14.2 Å². The van der Waals surface area contributed by atoms with E-state index in [0.717, 1.165) is 0 Å². The molecule has 0 saturated heterocycles. The van der Waals surface area contributed by atoms with Crippen LogP contribution in [0.15, 0.2) is 75.8 Å². The van der Waals surface area contributed by atoms with Crippen molar-refractivity contribution in [3.05, 3.63) is 99.1 Å². The number of hydrogen-bond acceptors (Lipinski definition) is 8. The Labute approximate surface area is 210 Å². The zero-order valence-corrected chi connectivity index (χ0v) is 19.9. The number of hydrogen-bond donors (Lipinski definition) is 0. The summed E-state index contributed by atoms with van der Waals surface area (Å²) in [4.78, 5) is 39.3. The maximum atomic E-state index is 13.6. The fourth-order valence-electron chi connectivity index (χ4n) is 4.79. The van der Waals surface area contributed by atoms with Gasteiger partial charge in [-0.2, -0.15) is 0 Å². The van der Waals surface area contributed by atoms with Gasteiger partial charge < -0.3 is 23.4 Å². The van der Waals surface area contributed by atoms with E-state index in [1.165, 1.54) is 13.4 Å². The molecule has 0 radical (unpaired) electrons.